The minimum Gasteiger partial charge on any atom is -0.480 e. The number of nitrogens with zero attached hydrogens (tertiary/aromatic N) is 1. The van der Waals surface area contributed by atoms with E-state index in [4.69, 9.17) is 0 Å². The maximum absolute atomic E-state index is 11.6. The average Bonchev–Trinajstić information content (AvgIpc) is 2.35. The zero-order chi connectivity index (χ0) is 15.4. The summed E-state index contributed by atoms with van der Waals surface area (Å²) in [6.45, 7) is 9.58. The number of aliphatic carboxylic acids is 1. The molecular formula is C16H23NO3. The number of hydrogen-bond acceptors (Lipinski definition) is 2. The van der Waals surface area contributed by atoms with E-state index < -0.39 is 12.0 Å². The lowest BCUT2D eigenvalue weighted by Gasteiger charge is -2.31. The summed E-state index contributed by atoms with van der Waals surface area (Å²) in [5, 5.41) is 9.47. The second-order valence-electron chi connectivity index (χ2n) is 5.43. The van der Waals surface area contributed by atoms with E-state index >= 15 is 0 Å². The second kappa shape index (κ2) is 6.55. The quantitative estimate of drug-likeness (QED) is 0.813. The Bertz CT molecular complexity index is 487. The van der Waals surface area contributed by atoms with Crippen molar-refractivity contribution in [3.63, 3.8) is 0 Å². The molecule has 0 aliphatic heterocycles. The van der Waals surface area contributed by atoms with Crippen molar-refractivity contribution in [1.29, 1.82) is 0 Å². The number of carbonyl (C=O) groups is 2. The molecule has 4 nitrogen and oxygen atoms in total. The summed E-state index contributed by atoms with van der Waals surface area (Å²) >= 11 is 0. The predicted octanol–water partition coefficient (Wildman–Crippen LogP) is 3.07. The van der Waals surface area contributed by atoms with E-state index in [1.165, 1.54) is 4.90 Å². The average molecular weight is 277 g/mol. The van der Waals surface area contributed by atoms with Crippen LogP contribution in [-0.4, -0.2) is 23.5 Å². The van der Waals surface area contributed by atoms with Gasteiger partial charge < -0.3 is 5.11 Å². The van der Waals surface area contributed by atoms with Gasteiger partial charge in [0.25, 0.3) is 0 Å². The van der Waals surface area contributed by atoms with Gasteiger partial charge >= 0.3 is 5.97 Å². The molecule has 0 saturated carbocycles. The summed E-state index contributed by atoms with van der Waals surface area (Å²) in [4.78, 5) is 24.4. The maximum atomic E-state index is 11.6. The standard InChI is InChI=1S/C16H23NO3/c1-6-11(3)15(16(19)20)17(9-18)14-12(4)7-10(2)8-13(14)5/h7-9,11,15H,6H2,1-5H3,(H,19,20). The number of carboxylic acids is 1. The van der Waals surface area contributed by atoms with Crippen molar-refractivity contribution < 1.29 is 14.7 Å². The van der Waals surface area contributed by atoms with Crippen LogP contribution in [0.15, 0.2) is 12.1 Å². The van der Waals surface area contributed by atoms with Gasteiger partial charge in [0.05, 0.1) is 5.69 Å². The predicted molar refractivity (Wildman–Crippen MR) is 80.1 cm³/mol. The fraction of sp³-hybridized carbons (Fsp3) is 0.500. The minimum atomic E-state index is -0.967. The van der Waals surface area contributed by atoms with Gasteiger partial charge in [-0.3, -0.25) is 9.69 Å². The molecule has 0 bridgehead atoms. The van der Waals surface area contributed by atoms with Gasteiger partial charge in [-0.2, -0.15) is 0 Å². The molecule has 1 rings (SSSR count). The van der Waals surface area contributed by atoms with Crippen LogP contribution in [0.5, 0.6) is 0 Å². The van der Waals surface area contributed by atoms with Crippen LogP contribution in [0, 0.1) is 26.7 Å². The summed E-state index contributed by atoms with van der Waals surface area (Å²) in [6, 6.07) is 3.10. The lowest BCUT2D eigenvalue weighted by atomic mass is 9.95. The monoisotopic (exact) mass is 277 g/mol. The molecule has 1 amide bonds. The van der Waals surface area contributed by atoms with Gasteiger partial charge in [-0.1, -0.05) is 38.0 Å². The van der Waals surface area contributed by atoms with Gasteiger partial charge in [-0.25, -0.2) is 4.79 Å². The number of rotatable bonds is 6. The van der Waals surface area contributed by atoms with E-state index in [-0.39, 0.29) is 5.92 Å². The van der Waals surface area contributed by atoms with Gasteiger partial charge in [0.2, 0.25) is 6.41 Å². The summed E-state index contributed by atoms with van der Waals surface area (Å²) < 4.78 is 0. The van der Waals surface area contributed by atoms with Crippen molar-refractivity contribution in [2.45, 2.75) is 47.1 Å². The van der Waals surface area contributed by atoms with Gasteiger partial charge in [0, 0.05) is 0 Å². The van der Waals surface area contributed by atoms with Crippen LogP contribution in [0.4, 0.5) is 5.69 Å². The van der Waals surface area contributed by atoms with Crippen LogP contribution >= 0.6 is 0 Å². The molecule has 0 aliphatic rings. The second-order valence-corrected chi connectivity index (χ2v) is 5.43. The summed E-state index contributed by atoms with van der Waals surface area (Å²) in [6.07, 6.45) is 1.33. The molecule has 2 atom stereocenters. The topological polar surface area (TPSA) is 57.6 Å². The number of aryl methyl sites for hydroxylation is 3. The number of benzene rings is 1. The van der Waals surface area contributed by atoms with Gasteiger partial charge in [-0.05, 0) is 37.8 Å². The Hall–Kier alpha value is -1.84. The first-order chi connectivity index (χ1) is 9.33. The number of amides is 1. The first kappa shape index (κ1) is 16.2. The lowest BCUT2D eigenvalue weighted by Crippen LogP contribution is -2.45. The van der Waals surface area contributed by atoms with Crippen LogP contribution in [0.2, 0.25) is 0 Å². The molecule has 0 aromatic heterocycles. The van der Waals surface area contributed by atoms with Crippen molar-refractivity contribution in [3.05, 3.63) is 28.8 Å². The van der Waals surface area contributed by atoms with E-state index in [1.54, 1.807) is 0 Å². The highest BCUT2D eigenvalue weighted by molar-refractivity contribution is 5.90. The van der Waals surface area contributed by atoms with Gasteiger partial charge in [0.15, 0.2) is 0 Å². The highest BCUT2D eigenvalue weighted by atomic mass is 16.4. The SMILES string of the molecule is CCC(C)C(C(=O)O)N(C=O)c1c(C)cc(C)cc1C. The molecule has 1 aromatic carbocycles. The summed E-state index contributed by atoms with van der Waals surface area (Å²) in [5.74, 6) is -1.08. The first-order valence-corrected chi connectivity index (χ1v) is 6.87. The van der Waals surface area contributed by atoms with Crippen LogP contribution in [0.3, 0.4) is 0 Å². The minimum absolute atomic E-state index is 0.113. The molecule has 4 heteroatoms. The Morgan fingerprint density at radius 1 is 1.30 bits per heavy atom. The van der Waals surface area contributed by atoms with E-state index in [0.29, 0.717) is 18.5 Å². The highest BCUT2D eigenvalue weighted by Gasteiger charge is 2.31. The Morgan fingerprint density at radius 3 is 2.15 bits per heavy atom. The number of carbonyl (C=O) groups excluding carboxylic acids is 1. The van der Waals surface area contributed by atoms with Crippen LogP contribution in [-0.2, 0) is 9.59 Å². The molecule has 0 aliphatic carbocycles. The Labute approximate surface area is 120 Å². The first-order valence-electron chi connectivity index (χ1n) is 6.87. The zero-order valence-corrected chi connectivity index (χ0v) is 12.8. The molecule has 0 saturated heterocycles. The molecule has 0 heterocycles. The summed E-state index contributed by atoms with van der Waals surface area (Å²) in [5.41, 5.74) is 3.65. The molecule has 1 N–H and O–H groups in total. The molecule has 2 unspecified atom stereocenters. The number of hydrogen-bond donors (Lipinski definition) is 1. The third kappa shape index (κ3) is 3.18. The normalized spacial score (nSPS) is 13.7. The van der Waals surface area contributed by atoms with Crippen molar-refractivity contribution in [3.8, 4) is 0 Å². The number of carboxylic acid groups (broad SMARTS) is 1. The molecule has 0 spiro atoms. The van der Waals surface area contributed by atoms with Crippen LogP contribution < -0.4 is 4.90 Å². The van der Waals surface area contributed by atoms with E-state index in [9.17, 15) is 14.7 Å². The van der Waals surface area contributed by atoms with Crippen LogP contribution in [0.1, 0.15) is 37.0 Å². The van der Waals surface area contributed by atoms with Crippen molar-refractivity contribution in [2.75, 3.05) is 4.90 Å². The Morgan fingerprint density at radius 2 is 1.80 bits per heavy atom. The smallest absolute Gasteiger partial charge is 0.327 e. The molecule has 0 radical (unpaired) electrons. The Balaban J connectivity index is 3.38. The van der Waals surface area contributed by atoms with E-state index in [2.05, 4.69) is 0 Å². The third-order valence-electron chi connectivity index (χ3n) is 3.74. The van der Waals surface area contributed by atoms with E-state index in [0.717, 1.165) is 16.7 Å². The molecule has 0 fully saturated rings. The molecule has 110 valence electrons. The summed E-state index contributed by atoms with van der Waals surface area (Å²) in [7, 11) is 0. The van der Waals surface area contributed by atoms with E-state index in [1.807, 2.05) is 46.8 Å². The molecular weight excluding hydrogens is 254 g/mol. The maximum Gasteiger partial charge on any atom is 0.327 e. The van der Waals surface area contributed by atoms with Crippen molar-refractivity contribution >= 4 is 18.1 Å². The molecule has 1 aromatic rings. The van der Waals surface area contributed by atoms with Crippen molar-refractivity contribution in [2.24, 2.45) is 5.92 Å². The fourth-order valence-corrected chi connectivity index (χ4v) is 2.70. The van der Waals surface area contributed by atoms with Gasteiger partial charge in [-0.15, -0.1) is 0 Å². The third-order valence-corrected chi connectivity index (χ3v) is 3.74. The Kier molecular flexibility index (Phi) is 5.31. The lowest BCUT2D eigenvalue weighted by molar-refractivity contribution is -0.140. The number of anilines is 1. The molecule has 20 heavy (non-hydrogen) atoms. The zero-order valence-electron chi connectivity index (χ0n) is 12.8. The van der Waals surface area contributed by atoms with Crippen LogP contribution in [0.25, 0.3) is 0 Å². The fourth-order valence-electron chi connectivity index (χ4n) is 2.70. The largest absolute Gasteiger partial charge is 0.480 e. The highest BCUT2D eigenvalue weighted by Crippen LogP contribution is 2.29. The van der Waals surface area contributed by atoms with Crippen molar-refractivity contribution in [1.82, 2.24) is 0 Å². The van der Waals surface area contributed by atoms with Gasteiger partial charge in [0.1, 0.15) is 6.04 Å².